The highest BCUT2D eigenvalue weighted by atomic mass is 79.9. The lowest BCUT2D eigenvalue weighted by Crippen LogP contribution is -2.40. The van der Waals surface area contributed by atoms with Crippen LogP contribution < -0.4 is 5.32 Å². The molecule has 1 aromatic heterocycles. The van der Waals surface area contributed by atoms with Gasteiger partial charge in [0, 0.05) is 19.0 Å². The minimum Gasteiger partial charge on any atom is -0.476 e. The van der Waals surface area contributed by atoms with Gasteiger partial charge in [0.1, 0.15) is 10.4 Å². The average Bonchev–Trinajstić information content (AvgIpc) is 2.27. The molecular formula is C7H8BrN3O2. The molecule has 0 amide bonds. The normalized spacial score (nSPS) is 17.0. The molecule has 0 radical (unpaired) electrons. The first-order valence-corrected chi connectivity index (χ1v) is 4.67. The molecule has 0 saturated carbocycles. The molecule has 0 aromatic carbocycles. The number of rotatable bonds is 2. The molecular weight excluding hydrogens is 238 g/mol. The van der Waals surface area contributed by atoms with Gasteiger partial charge in [0.2, 0.25) is 0 Å². The van der Waals surface area contributed by atoms with E-state index in [0.29, 0.717) is 10.5 Å². The van der Waals surface area contributed by atoms with Gasteiger partial charge in [-0.15, -0.1) is 0 Å². The molecule has 1 saturated heterocycles. The lowest BCUT2D eigenvalue weighted by atomic mass is 10.0. The van der Waals surface area contributed by atoms with Crippen molar-refractivity contribution >= 4 is 21.9 Å². The van der Waals surface area contributed by atoms with Gasteiger partial charge in [0.15, 0.2) is 5.69 Å². The van der Waals surface area contributed by atoms with Crippen molar-refractivity contribution in [3.8, 4) is 0 Å². The molecule has 0 atom stereocenters. The Hall–Kier alpha value is -0.880. The van der Waals surface area contributed by atoms with Crippen molar-refractivity contribution < 1.29 is 9.90 Å². The van der Waals surface area contributed by atoms with Crippen molar-refractivity contribution in [2.24, 2.45) is 0 Å². The third kappa shape index (κ3) is 1.47. The van der Waals surface area contributed by atoms with Crippen molar-refractivity contribution in [1.29, 1.82) is 0 Å². The molecule has 1 aromatic rings. The van der Waals surface area contributed by atoms with Crippen LogP contribution in [0.5, 0.6) is 0 Å². The van der Waals surface area contributed by atoms with Gasteiger partial charge in [-0.2, -0.15) is 0 Å². The van der Waals surface area contributed by atoms with Crippen LogP contribution in [0, 0.1) is 0 Å². The van der Waals surface area contributed by atoms with Crippen LogP contribution in [0.3, 0.4) is 0 Å². The fourth-order valence-corrected chi connectivity index (χ4v) is 1.65. The number of aromatic carboxylic acids is 1. The SMILES string of the molecule is O=C(O)c1nc(C2CNC2)[nH]c1Br. The number of imidazole rings is 1. The number of carbonyl (C=O) groups is 1. The van der Waals surface area contributed by atoms with Crippen LogP contribution in [0.15, 0.2) is 4.60 Å². The van der Waals surface area contributed by atoms with Crippen LogP contribution >= 0.6 is 15.9 Å². The highest BCUT2D eigenvalue weighted by Gasteiger charge is 2.24. The van der Waals surface area contributed by atoms with Crippen LogP contribution in [0.4, 0.5) is 0 Å². The predicted molar refractivity (Wildman–Crippen MR) is 48.9 cm³/mol. The molecule has 0 unspecified atom stereocenters. The summed E-state index contributed by atoms with van der Waals surface area (Å²) in [5.74, 6) is 0.0501. The van der Waals surface area contributed by atoms with E-state index in [-0.39, 0.29) is 5.69 Å². The van der Waals surface area contributed by atoms with E-state index in [0.717, 1.165) is 18.9 Å². The Kier molecular flexibility index (Phi) is 2.09. The fraction of sp³-hybridized carbons (Fsp3) is 0.429. The number of aromatic amines is 1. The Morgan fingerprint density at radius 2 is 2.31 bits per heavy atom. The summed E-state index contributed by atoms with van der Waals surface area (Å²) in [6.45, 7) is 1.72. The average molecular weight is 246 g/mol. The Morgan fingerprint density at radius 3 is 2.69 bits per heavy atom. The number of carboxylic acids is 1. The van der Waals surface area contributed by atoms with E-state index >= 15 is 0 Å². The minimum absolute atomic E-state index is 0.0573. The van der Waals surface area contributed by atoms with Gasteiger partial charge in [0.05, 0.1) is 0 Å². The van der Waals surface area contributed by atoms with Crippen LogP contribution in [0.25, 0.3) is 0 Å². The summed E-state index contributed by atoms with van der Waals surface area (Å²) in [6, 6.07) is 0. The summed E-state index contributed by atoms with van der Waals surface area (Å²) in [5, 5.41) is 11.8. The second kappa shape index (κ2) is 3.12. The van der Waals surface area contributed by atoms with Crippen molar-refractivity contribution in [2.75, 3.05) is 13.1 Å². The van der Waals surface area contributed by atoms with Gasteiger partial charge >= 0.3 is 5.97 Å². The van der Waals surface area contributed by atoms with Gasteiger partial charge in [-0.1, -0.05) is 0 Å². The second-order valence-electron chi connectivity index (χ2n) is 2.94. The monoisotopic (exact) mass is 245 g/mol. The molecule has 0 spiro atoms. The fourth-order valence-electron chi connectivity index (χ4n) is 1.19. The van der Waals surface area contributed by atoms with E-state index in [9.17, 15) is 4.79 Å². The summed E-state index contributed by atoms with van der Waals surface area (Å²) < 4.78 is 0.446. The number of nitrogens with one attached hydrogen (secondary N) is 2. The van der Waals surface area contributed by atoms with Crippen LogP contribution in [0.2, 0.25) is 0 Å². The van der Waals surface area contributed by atoms with Gasteiger partial charge in [0.25, 0.3) is 0 Å². The van der Waals surface area contributed by atoms with Crippen LogP contribution in [0.1, 0.15) is 22.2 Å². The van der Waals surface area contributed by atoms with Crippen LogP contribution in [-0.4, -0.2) is 34.1 Å². The van der Waals surface area contributed by atoms with E-state index in [1.807, 2.05) is 0 Å². The quantitative estimate of drug-likeness (QED) is 0.712. The Bertz CT molecular complexity index is 346. The number of nitrogens with zero attached hydrogens (tertiary/aromatic N) is 1. The maximum Gasteiger partial charge on any atom is 0.357 e. The smallest absolute Gasteiger partial charge is 0.357 e. The summed E-state index contributed by atoms with van der Waals surface area (Å²) in [4.78, 5) is 17.5. The maximum absolute atomic E-state index is 10.6. The Labute approximate surface area is 82.7 Å². The lowest BCUT2D eigenvalue weighted by Gasteiger charge is -2.24. The standard InChI is InChI=1S/C7H8BrN3O2/c8-5-4(7(12)13)10-6(11-5)3-1-9-2-3/h3,9H,1-2H2,(H,10,11)(H,12,13). The highest BCUT2D eigenvalue weighted by Crippen LogP contribution is 2.21. The number of hydrogen-bond acceptors (Lipinski definition) is 3. The van der Waals surface area contributed by atoms with Crippen molar-refractivity contribution in [3.05, 3.63) is 16.1 Å². The van der Waals surface area contributed by atoms with Gasteiger partial charge in [-0.05, 0) is 15.9 Å². The largest absolute Gasteiger partial charge is 0.476 e. The van der Waals surface area contributed by atoms with E-state index in [1.165, 1.54) is 0 Å². The molecule has 2 rings (SSSR count). The molecule has 13 heavy (non-hydrogen) atoms. The van der Waals surface area contributed by atoms with Crippen LogP contribution in [-0.2, 0) is 0 Å². The van der Waals surface area contributed by atoms with E-state index in [2.05, 4.69) is 31.2 Å². The van der Waals surface area contributed by atoms with Crippen molar-refractivity contribution in [2.45, 2.75) is 5.92 Å². The number of H-pyrrole nitrogens is 1. The maximum atomic E-state index is 10.6. The van der Waals surface area contributed by atoms with E-state index in [4.69, 9.17) is 5.11 Å². The number of aromatic nitrogens is 2. The molecule has 2 heterocycles. The van der Waals surface area contributed by atoms with E-state index in [1.54, 1.807) is 0 Å². The highest BCUT2D eigenvalue weighted by molar-refractivity contribution is 9.10. The van der Waals surface area contributed by atoms with Gasteiger partial charge in [-0.25, -0.2) is 9.78 Å². The first kappa shape index (κ1) is 8.71. The second-order valence-corrected chi connectivity index (χ2v) is 3.74. The summed E-state index contributed by atoms with van der Waals surface area (Å²) in [6.07, 6.45) is 0. The van der Waals surface area contributed by atoms with Crippen molar-refractivity contribution in [1.82, 2.24) is 15.3 Å². The van der Waals surface area contributed by atoms with E-state index < -0.39 is 5.97 Å². The van der Waals surface area contributed by atoms with Gasteiger partial charge < -0.3 is 15.4 Å². The predicted octanol–water partition coefficient (Wildman–Crippen LogP) is 0.557. The number of carboxylic acid groups (broad SMARTS) is 1. The molecule has 1 aliphatic rings. The minimum atomic E-state index is -1.01. The van der Waals surface area contributed by atoms with Crippen molar-refractivity contribution in [3.63, 3.8) is 0 Å². The first-order valence-electron chi connectivity index (χ1n) is 3.88. The zero-order chi connectivity index (χ0) is 9.42. The zero-order valence-electron chi connectivity index (χ0n) is 6.67. The third-order valence-corrected chi connectivity index (χ3v) is 2.62. The first-order chi connectivity index (χ1) is 6.18. The molecule has 0 aliphatic carbocycles. The van der Waals surface area contributed by atoms with Gasteiger partial charge in [-0.3, -0.25) is 0 Å². The molecule has 5 nitrogen and oxygen atoms in total. The molecule has 1 fully saturated rings. The molecule has 70 valence electrons. The number of hydrogen-bond donors (Lipinski definition) is 3. The molecule has 1 aliphatic heterocycles. The summed E-state index contributed by atoms with van der Waals surface area (Å²) in [7, 11) is 0. The molecule has 3 N–H and O–H groups in total. The summed E-state index contributed by atoms with van der Waals surface area (Å²) in [5.41, 5.74) is 0.0573. The molecule has 0 bridgehead atoms. The zero-order valence-corrected chi connectivity index (χ0v) is 8.26. The Balaban J connectivity index is 2.28. The topological polar surface area (TPSA) is 78.0 Å². The Morgan fingerprint density at radius 1 is 1.62 bits per heavy atom. The third-order valence-electron chi connectivity index (χ3n) is 2.05. The number of halogens is 1. The molecule has 6 heteroatoms. The lowest BCUT2D eigenvalue weighted by molar-refractivity contribution is 0.0690. The summed E-state index contributed by atoms with van der Waals surface area (Å²) >= 11 is 3.12.